The monoisotopic (exact) mass is 678 g/mol. The molecule has 0 unspecified atom stereocenters. The Kier molecular flexibility index (Phi) is 11.1. The van der Waals surface area contributed by atoms with Gasteiger partial charge in [0.25, 0.3) is 15.7 Å². The topological polar surface area (TPSA) is 152 Å². The zero-order valence-electron chi connectivity index (χ0n) is 26.9. The normalized spacial score (nSPS) is 20.9. The van der Waals surface area contributed by atoms with Gasteiger partial charge in [0.05, 0.1) is 31.3 Å². The molecule has 1 aromatic heterocycles. The number of hydrogen-bond donors (Lipinski definition) is 1. The molecule has 4 atom stereocenters. The summed E-state index contributed by atoms with van der Waals surface area (Å²) in [5.74, 6) is -0.671. The summed E-state index contributed by atoms with van der Waals surface area (Å²) in [5, 5.41) is 0. The molecule has 48 heavy (non-hydrogen) atoms. The first kappa shape index (κ1) is 34.9. The number of carbonyl (C=O) groups is 1. The average Bonchev–Trinajstić information content (AvgIpc) is 3.34. The molecule has 13 heteroatoms. The number of aromatic amines is 1. The van der Waals surface area contributed by atoms with Crippen molar-refractivity contribution < 1.29 is 36.3 Å². The number of benzene rings is 3. The second-order valence-electron chi connectivity index (χ2n) is 11.7. The largest absolute Gasteiger partial charge is 0.455 e. The Bertz CT molecular complexity index is 1910. The van der Waals surface area contributed by atoms with E-state index in [0.717, 1.165) is 21.3 Å². The lowest BCUT2D eigenvalue weighted by atomic mass is 9.92. The molecule has 5 rings (SSSR count). The number of carbonyl (C=O) groups excluding carboxylic acids is 1. The lowest BCUT2D eigenvalue weighted by Gasteiger charge is -2.34. The maximum atomic E-state index is 13.1. The summed E-state index contributed by atoms with van der Waals surface area (Å²) in [6.07, 6.45) is -2.39. The molecule has 0 saturated carbocycles. The Morgan fingerprint density at radius 3 is 2.17 bits per heavy atom. The molecule has 1 N–H and O–H groups in total. The molecule has 3 aromatic carbocycles. The van der Waals surface area contributed by atoms with Gasteiger partial charge in [0.1, 0.15) is 11.7 Å². The molecule has 1 fully saturated rings. The first-order valence-corrected chi connectivity index (χ1v) is 16.8. The molecule has 2 heterocycles. The highest BCUT2D eigenvalue weighted by molar-refractivity contribution is 7.86. The third kappa shape index (κ3) is 8.35. The van der Waals surface area contributed by atoms with Gasteiger partial charge in [-0.1, -0.05) is 78.4 Å². The molecule has 12 nitrogen and oxygen atoms in total. The van der Waals surface area contributed by atoms with Crippen LogP contribution in [0.4, 0.5) is 0 Å². The van der Waals surface area contributed by atoms with Crippen LogP contribution in [-0.4, -0.2) is 55.0 Å². The fourth-order valence-electron chi connectivity index (χ4n) is 5.53. The minimum Gasteiger partial charge on any atom is -0.455 e. The molecular weight excluding hydrogens is 640 g/mol. The van der Waals surface area contributed by atoms with Crippen molar-refractivity contribution in [3.63, 3.8) is 0 Å². The molecule has 0 radical (unpaired) electrons. The summed E-state index contributed by atoms with van der Waals surface area (Å²) in [6.45, 7) is 4.27. The lowest BCUT2D eigenvalue weighted by Crippen LogP contribution is -2.50. The highest BCUT2D eigenvalue weighted by Crippen LogP contribution is 2.43. The third-order valence-electron chi connectivity index (χ3n) is 7.98. The van der Waals surface area contributed by atoms with Gasteiger partial charge in [0.15, 0.2) is 12.3 Å². The van der Waals surface area contributed by atoms with Gasteiger partial charge < -0.3 is 18.9 Å². The number of esters is 1. The highest BCUT2D eigenvalue weighted by Gasteiger charge is 2.59. The molecular formula is C35H38N2O10S. The number of H-pyrrole nitrogens is 1. The number of hydrogen-bond acceptors (Lipinski definition) is 10. The zero-order valence-corrected chi connectivity index (χ0v) is 27.7. The second kappa shape index (κ2) is 15.2. The summed E-state index contributed by atoms with van der Waals surface area (Å²) in [4.78, 5) is 40.2. The summed E-state index contributed by atoms with van der Waals surface area (Å²) in [7, 11) is -4.16. The third-order valence-corrected chi connectivity index (χ3v) is 9.31. The van der Waals surface area contributed by atoms with E-state index in [1.807, 2.05) is 67.6 Å². The standard InChI is InChI=1S/C35H38N2O10S/c1-24-14-16-29(17-15-24)48(41,42)45-19-18-35(23-43-21-27-10-6-4-7-11-27)31(44-22-28-12-8-5-9-13-28)30(46-26(3)38)33(47-35)37-20-25(2)32(39)36-34(37)40/h4-17,20,30-31,33H,18-19,21-23H2,1-3H3,(H,36,39,40)/t30-,31+,33-,35-/m1/s1. The quantitative estimate of drug-likeness (QED) is 0.153. The van der Waals surface area contributed by atoms with Gasteiger partial charge >= 0.3 is 11.7 Å². The molecule has 0 bridgehead atoms. The van der Waals surface area contributed by atoms with E-state index in [9.17, 15) is 22.8 Å². The Morgan fingerprint density at radius 2 is 1.54 bits per heavy atom. The van der Waals surface area contributed by atoms with E-state index in [1.54, 1.807) is 12.1 Å². The van der Waals surface area contributed by atoms with Crippen LogP contribution in [0.1, 0.15) is 41.8 Å². The molecule has 0 amide bonds. The van der Waals surface area contributed by atoms with Crippen LogP contribution in [0, 0.1) is 13.8 Å². The van der Waals surface area contributed by atoms with Crippen molar-refractivity contribution in [2.24, 2.45) is 0 Å². The minimum atomic E-state index is -4.16. The summed E-state index contributed by atoms with van der Waals surface area (Å²) < 4.78 is 58.0. The van der Waals surface area contributed by atoms with Crippen LogP contribution in [0.5, 0.6) is 0 Å². The fraction of sp³-hybridized carbons (Fsp3) is 0.343. The number of rotatable bonds is 14. The summed E-state index contributed by atoms with van der Waals surface area (Å²) >= 11 is 0. The van der Waals surface area contributed by atoms with Crippen molar-refractivity contribution in [3.05, 3.63) is 134 Å². The molecule has 1 saturated heterocycles. The highest BCUT2D eigenvalue weighted by atomic mass is 32.2. The predicted octanol–water partition coefficient (Wildman–Crippen LogP) is 3.95. The molecule has 4 aromatic rings. The maximum Gasteiger partial charge on any atom is 0.330 e. The van der Waals surface area contributed by atoms with Crippen LogP contribution < -0.4 is 11.2 Å². The smallest absolute Gasteiger partial charge is 0.330 e. The molecule has 1 aliphatic heterocycles. The van der Waals surface area contributed by atoms with Gasteiger partial charge in [-0.05, 0) is 37.1 Å². The fourth-order valence-corrected chi connectivity index (χ4v) is 6.44. The molecule has 0 aliphatic carbocycles. The van der Waals surface area contributed by atoms with Crippen LogP contribution in [0.25, 0.3) is 0 Å². The van der Waals surface area contributed by atoms with Crippen molar-refractivity contribution in [1.82, 2.24) is 9.55 Å². The van der Waals surface area contributed by atoms with Gasteiger partial charge in [-0.3, -0.25) is 23.3 Å². The number of aromatic nitrogens is 2. The van der Waals surface area contributed by atoms with Gasteiger partial charge in [0.2, 0.25) is 0 Å². The molecule has 1 aliphatic rings. The van der Waals surface area contributed by atoms with Crippen LogP contribution in [-0.2, 0) is 51.3 Å². The van der Waals surface area contributed by atoms with Gasteiger partial charge in [-0.25, -0.2) is 4.79 Å². The van der Waals surface area contributed by atoms with Crippen molar-refractivity contribution in [2.45, 2.75) is 69.3 Å². The minimum absolute atomic E-state index is 0.0161. The Morgan fingerprint density at radius 1 is 0.917 bits per heavy atom. The predicted molar refractivity (Wildman–Crippen MR) is 175 cm³/mol. The van der Waals surface area contributed by atoms with Gasteiger partial charge in [-0.2, -0.15) is 8.42 Å². The van der Waals surface area contributed by atoms with Crippen molar-refractivity contribution in [1.29, 1.82) is 0 Å². The Hall–Kier alpha value is -4.40. The number of aryl methyl sites for hydroxylation is 2. The summed E-state index contributed by atoms with van der Waals surface area (Å²) in [6, 6.07) is 24.9. The Labute approximate surface area is 278 Å². The van der Waals surface area contributed by atoms with E-state index in [0.29, 0.717) is 0 Å². The first-order chi connectivity index (χ1) is 23.0. The molecule has 254 valence electrons. The number of nitrogens with one attached hydrogen (secondary N) is 1. The average molecular weight is 679 g/mol. The summed E-state index contributed by atoms with van der Waals surface area (Å²) in [5.41, 5.74) is -0.122. The van der Waals surface area contributed by atoms with Crippen LogP contribution in [0.3, 0.4) is 0 Å². The van der Waals surface area contributed by atoms with Crippen molar-refractivity contribution >= 4 is 16.1 Å². The maximum absolute atomic E-state index is 13.1. The van der Waals surface area contributed by atoms with Crippen molar-refractivity contribution in [2.75, 3.05) is 13.2 Å². The van der Waals surface area contributed by atoms with E-state index in [4.69, 9.17) is 23.1 Å². The number of ether oxygens (including phenoxy) is 4. The SMILES string of the molecule is CC(=O)O[C@H]1[C@H](n2cc(C)c(=O)[nH]c2=O)O[C@](CCOS(=O)(=O)c2ccc(C)cc2)(COCc2ccccc2)[C@H]1OCc1ccccc1. The first-order valence-electron chi connectivity index (χ1n) is 15.4. The van der Waals surface area contributed by atoms with Crippen LogP contribution in [0.15, 0.2) is 106 Å². The lowest BCUT2D eigenvalue weighted by molar-refractivity contribution is -0.164. The van der Waals surface area contributed by atoms with E-state index in [-0.39, 0.29) is 43.3 Å². The van der Waals surface area contributed by atoms with Crippen LogP contribution >= 0.6 is 0 Å². The number of nitrogens with zero attached hydrogens (tertiary/aromatic N) is 1. The van der Waals surface area contributed by atoms with Crippen molar-refractivity contribution in [3.8, 4) is 0 Å². The van der Waals surface area contributed by atoms with E-state index in [2.05, 4.69) is 4.98 Å². The van der Waals surface area contributed by atoms with E-state index < -0.39 is 51.4 Å². The Balaban J connectivity index is 1.54. The second-order valence-corrected chi connectivity index (χ2v) is 13.3. The zero-order chi connectivity index (χ0) is 34.3. The van der Waals surface area contributed by atoms with Gasteiger partial charge in [0, 0.05) is 25.1 Å². The van der Waals surface area contributed by atoms with E-state index >= 15 is 0 Å². The molecule has 0 spiro atoms. The van der Waals surface area contributed by atoms with E-state index in [1.165, 1.54) is 32.2 Å². The van der Waals surface area contributed by atoms with Gasteiger partial charge in [-0.15, -0.1) is 0 Å². The van der Waals surface area contributed by atoms with Crippen LogP contribution in [0.2, 0.25) is 0 Å².